The summed E-state index contributed by atoms with van der Waals surface area (Å²) in [6.45, 7) is 3.56. The van der Waals surface area contributed by atoms with E-state index in [1.54, 1.807) is 0 Å². The van der Waals surface area contributed by atoms with Crippen LogP contribution in [0.4, 0.5) is 0 Å². The van der Waals surface area contributed by atoms with E-state index in [0.29, 0.717) is 0 Å². The third-order valence-corrected chi connectivity index (χ3v) is 1.97. The first-order chi connectivity index (χ1) is 5.88. The van der Waals surface area contributed by atoms with Gasteiger partial charge in [-0.3, -0.25) is 0 Å². The van der Waals surface area contributed by atoms with Crippen LogP contribution in [0.2, 0.25) is 0 Å². The first-order valence-corrected chi connectivity index (χ1v) is 4.23. The van der Waals surface area contributed by atoms with Crippen molar-refractivity contribution >= 4 is 0 Å². The molecule has 1 heterocycles. The van der Waals surface area contributed by atoms with Crippen molar-refractivity contribution < 1.29 is 9.47 Å². The quantitative estimate of drug-likeness (QED) is 0.585. The van der Waals surface area contributed by atoms with Gasteiger partial charge in [-0.25, -0.2) is 0 Å². The minimum absolute atomic E-state index is 0.760. The van der Waals surface area contributed by atoms with E-state index in [-0.39, 0.29) is 0 Å². The van der Waals surface area contributed by atoms with E-state index >= 15 is 0 Å². The molecule has 1 aromatic carbocycles. The van der Waals surface area contributed by atoms with Crippen LogP contribution in [0.3, 0.4) is 0 Å². The van der Waals surface area contributed by atoms with Crippen molar-refractivity contribution in [2.45, 2.75) is 13.3 Å². The maximum atomic E-state index is 5.55. The lowest BCUT2D eigenvalue weighted by Gasteiger charge is -2.08. The Morgan fingerprint density at radius 1 is 1.17 bits per heavy atom. The van der Waals surface area contributed by atoms with Crippen molar-refractivity contribution in [3.8, 4) is 11.5 Å². The van der Waals surface area contributed by atoms with Gasteiger partial charge in [0.2, 0.25) is 0 Å². The Labute approximate surface area is 72.1 Å². The van der Waals surface area contributed by atoms with Crippen molar-refractivity contribution in [1.29, 1.82) is 0 Å². The van der Waals surface area contributed by atoms with Gasteiger partial charge in [-0.2, -0.15) is 0 Å². The molecule has 0 amide bonds. The molecule has 0 spiro atoms. The first-order valence-electron chi connectivity index (χ1n) is 4.23. The highest BCUT2D eigenvalue weighted by atomic mass is 16.5. The Hall–Kier alpha value is -1.18. The number of ether oxygens (including phenoxy) is 2. The predicted molar refractivity (Wildman–Crippen MR) is 46.8 cm³/mol. The van der Waals surface area contributed by atoms with Gasteiger partial charge in [0, 0.05) is 6.42 Å². The Morgan fingerprint density at radius 3 is 2.92 bits per heavy atom. The van der Waals surface area contributed by atoms with Crippen molar-refractivity contribution in [2.75, 3.05) is 13.2 Å². The fourth-order valence-corrected chi connectivity index (χ4v) is 1.34. The molecule has 0 unspecified atom stereocenters. The highest BCUT2D eigenvalue weighted by Gasteiger charge is 2.10. The Morgan fingerprint density at radius 2 is 2.00 bits per heavy atom. The average Bonchev–Trinajstić information content (AvgIpc) is 2.30. The molecule has 1 aliphatic rings. The zero-order valence-electron chi connectivity index (χ0n) is 7.17. The minimum Gasteiger partial charge on any atom is -0.490 e. The largest absolute Gasteiger partial charge is 0.490 e. The monoisotopic (exact) mass is 164 g/mol. The summed E-state index contributed by atoms with van der Waals surface area (Å²) < 4.78 is 11.1. The van der Waals surface area contributed by atoms with Crippen LogP contribution in [0.25, 0.3) is 0 Å². The van der Waals surface area contributed by atoms with E-state index in [9.17, 15) is 0 Å². The van der Waals surface area contributed by atoms with Gasteiger partial charge in [-0.15, -0.1) is 0 Å². The second-order valence-corrected chi connectivity index (χ2v) is 2.95. The van der Waals surface area contributed by atoms with Gasteiger partial charge in [-0.1, -0.05) is 12.1 Å². The molecule has 0 fully saturated rings. The van der Waals surface area contributed by atoms with Crippen molar-refractivity contribution in [3.05, 3.63) is 23.8 Å². The van der Waals surface area contributed by atoms with E-state index in [2.05, 4.69) is 0 Å². The normalized spacial score (nSPS) is 15.4. The number of rotatable bonds is 0. The molecule has 0 aliphatic carbocycles. The van der Waals surface area contributed by atoms with E-state index in [4.69, 9.17) is 9.47 Å². The van der Waals surface area contributed by atoms with Gasteiger partial charge in [0.05, 0.1) is 13.2 Å². The van der Waals surface area contributed by atoms with Gasteiger partial charge >= 0.3 is 0 Å². The third-order valence-electron chi connectivity index (χ3n) is 1.97. The lowest BCUT2D eigenvalue weighted by molar-refractivity contribution is 0.296. The molecule has 64 valence electrons. The summed E-state index contributed by atoms with van der Waals surface area (Å²) in [6, 6.07) is 5.98. The number of aryl methyl sites for hydroxylation is 1. The van der Waals surface area contributed by atoms with Crippen LogP contribution < -0.4 is 9.47 Å². The molecule has 0 aromatic heterocycles. The van der Waals surface area contributed by atoms with Crippen molar-refractivity contribution in [2.24, 2.45) is 0 Å². The highest BCUT2D eigenvalue weighted by Crippen LogP contribution is 2.32. The predicted octanol–water partition coefficient (Wildman–Crippen LogP) is 2.16. The Bertz CT molecular complexity index is 281. The second kappa shape index (κ2) is 3.05. The van der Waals surface area contributed by atoms with Gasteiger partial charge in [0.25, 0.3) is 0 Å². The molecule has 0 N–H and O–H groups in total. The summed E-state index contributed by atoms with van der Waals surface area (Å²) >= 11 is 0. The van der Waals surface area contributed by atoms with Crippen LogP contribution in [0, 0.1) is 6.92 Å². The summed E-state index contributed by atoms with van der Waals surface area (Å²) in [6.07, 6.45) is 0.966. The molecule has 2 heteroatoms. The van der Waals surface area contributed by atoms with Gasteiger partial charge < -0.3 is 9.47 Å². The summed E-state index contributed by atoms with van der Waals surface area (Å²) in [5.74, 6) is 1.79. The van der Waals surface area contributed by atoms with E-state index < -0.39 is 0 Å². The average molecular weight is 164 g/mol. The van der Waals surface area contributed by atoms with Gasteiger partial charge in [-0.05, 0) is 18.6 Å². The van der Waals surface area contributed by atoms with Crippen LogP contribution in [0.1, 0.15) is 12.0 Å². The molecule has 2 rings (SSSR count). The van der Waals surface area contributed by atoms with E-state index in [1.165, 1.54) is 0 Å². The number of hydrogen-bond acceptors (Lipinski definition) is 2. The topological polar surface area (TPSA) is 18.5 Å². The van der Waals surface area contributed by atoms with Crippen molar-refractivity contribution in [3.63, 3.8) is 0 Å². The number of hydrogen-bond donors (Lipinski definition) is 0. The molecule has 12 heavy (non-hydrogen) atoms. The maximum absolute atomic E-state index is 5.55. The summed E-state index contributed by atoms with van der Waals surface area (Å²) in [5.41, 5.74) is 1.15. The standard InChI is InChI=1S/C10H12O2/c1-8-4-2-5-9-10(8)12-7-3-6-11-9/h2,4-5H,3,6-7H2,1H3. The zero-order chi connectivity index (χ0) is 8.39. The maximum Gasteiger partial charge on any atom is 0.164 e. The highest BCUT2D eigenvalue weighted by molar-refractivity contribution is 5.46. The molecule has 0 radical (unpaired) electrons. The SMILES string of the molecule is Cc1cccc2c1OCCCO2. The van der Waals surface area contributed by atoms with Crippen LogP contribution in [-0.2, 0) is 0 Å². The number of para-hydroxylation sites is 1. The zero-order valence-corrected chi connectivity index (χ0v) is 7.17. The molecule has 0 saturated heterocycles. The smallest absolute Gasteiger partial charge is 0.164 e. The fourth-order valence-electron chi connectivity index (χ4n) is 1.34. The lowest BCUT2D eigenvalue weighted by Crippen LogP contribution is -1.97. The Balaban J connectivity index is 2.42. The lowest BCUT2D eigenvalue weighted by atomic mass is 10.2. The van der Waals surface area contributed by atoms with Crippen LogP contribution in [-0.4, -0.2) is 13.2 Å². The molecule has 0 atom stereocenters. The Kier molecular flexibility index (Phi) is 1.90. The van der Waals surface area contributed by atoms with Gasteiger partial charge in [0.15, 0.2) is 11.5 Å². The van der Waals surface area contributed by atoms with Gasteiger partial charge in [0.1, 0.15) is 0 Å². The molecule has 0 bridgehead atoms. The van der Waals surface area contributed by atoms with E-state index in [1.807, 2.05) is 25.1 Å². The molecular weight excluding hydrogens is 152 g/mol. The molecule has 1 aromatic rings. The van der Waals surface area contributed by atoms with Crippen LogP contribution in [0.15, 0.2) is 18.2 Å². The minimum atomic E-state index is 0.760. The van der Waals surface area contributed by atoms with Crippen LogP contribution in [0.5, 0.6) is 11.5 Å². The molecular formula is C10H12O2. The van der Waals surface area contributed by atoms with E-state index in [0.717, 1.165) is 36.7 Å². The third kappa shape index (κ3) is 1.24. The summed E-state index contributed by atoms with van der Waals surface area (Å²) in [7, 11) is 0. The summed E-state index contributed by atoms with van der Waals surface area (Å²) in [5, 5.41) is 0. The molecule has 1 aliphatic heterocycles. The molecule has 2 nitrogen and oxygen atoms in total. The first kappa shape index (κ1) is 7.47. The number of benzene rings is 1. The summed E-state index contributed by atoms with van der Waals surface area (Å²) in [4.78, 5) is 0. The number of fused-ring (bicyclic) bond motifs is 1. The molecule has 0 saturated carbocycles. The second-order valence-electron chi connectivity index (χ2n) is 2.95. The fraction of sp³-hybridized carbons (Fsp3) is 0.400. The van der Waals surface area contributed by atoms with Crippen molar-refractivity contribution in [1.82, 2.24) is 0 Å². The van der Waals surface area contributed by atoms with Crippen LogP contribution >= 0.6 is 0 Å².